The molecule has 9 heteroatoms. The third kappa shape index (κ3) is 6.13. The van der Waals surface area contributed by atoms with Crippen molar-refractivity contribution < 1.29 is 24.2 Å². The molecule has 1 aromatic carbocycles. The van der Waals surface area contributed by atoms with Crippen LogP contribution in [0.2, 0.25) is 0 Å². The van der Waals surface area contributed by atoms with Crippen molar-refractivity contribution in [2.45, 2.75) is 74.8 Å². The van der Waals surface area contributed by atoms with Crippen molar-refractivity contribution in [3.8, 4) is 5.75 Å². The molecule has 2 unspecified atom stereocenters. The zero-order valence-corrected chi connectivity index (χ0v) is 26.0. The molecule has 1 N–H and O–H groups in total. The van der Waals surface area contributed by atoms with E-state index < -0.39 is 22.6 Å². The first kappa shape index (κ1) is 32.1. The second-order valence-corrected chi connectivity index (χ2v) is 13.1. The smallest absolute Gasteiger partial charge is 0.247 e. The molecule has 2 bridgehead atoms. The fourth-order valence-corrected chi connectivity index (χ4v) is 9.22. The lowest BCUT2D eigenvalue weighted by Crippen LogP contribution is -2.55. The predicted octanol–water partition coefficient (Wildman–Crippen LogP) is 4.67. The molecule has 3 aliphatic heterocycles. The lowest BCUT2D eigenvalue weighted by Gasteiger charge is -2.37. The van der Waals surface area contributed by atoms with Gasteiger partial charge in [-0.2, -0.15) is 0 Å². The molecule has 42 heavy (non-hydrogen) atoms. The number of unbranched alkanes of at least 4 members (excludes halogenated alkanes) is 3. The van der Waals surface area contributed by atoms with Gasteiger partial charge in [0, 0.05) is 43.7 Å². The number of thioether (sulfide) groups is 1. The molecule has 0 aliphatic carbocycles. The van der Waals surface area contributed by atoms with Crippen molar-refractivity contribution in [1.82, 2.24) is 9.80 Å². The number of likely N-dealkylation sites (tertiary alicyclic amines) is 1. The van der Waals surface area contributed by atoms with E-state index in [0.717, 1.165) is 43.5 Å². The van der Waals surface area contributed by atoms with Crippen LogP contribution in [0.4, 0.5) is 5.69 Å². The number of carbonyl (C=O) groups is 3. The van der Waals surface area contributed by atoms with Crippen molar-refractivity contribution in [1.29, 1.82) is 0 Å². The maximum absolute atomic E-state index is 14.4. The number of rotatable bonds is 17. The zero-order chi connectivity index (χ0) is 30.3. The average molecular weight is 598 g/mol. The molecule has 3 saturated heterocycles. The molecular weight excluding hydrogens is 550 g/mol. The van der Waals surface area contributed by atoms with Gasteiger partial charge in [-0.3, -0.25) is 14.4 Å². The van der Waals surface area contributed by atoms with Gasteiger partial charge in [0.1, 0.15) is 11.8 Å². The molecule has 0 aromatic heterocycles. The Morgan fingerprint density at radius 3 is 2.48 bits per heavy atom. The topological polar surface area (TPSA) is 90.4 Å². The summed E-state index contributed by atoms with van der Waals surface area (Å²) in [5.74, 6) is -0.519. The Morgan fingerprint density at radius 2 is 1.83 bits per heavy atom. The molecule has 3 aliphatic rings. The molecule has 5 atom stereocenters. The number of aliphatic hydroxyl groups excluding tert-OH is 1. The van der Waals surface area contributed by atoms with E-state index >= 15 is 0 Å². The Hall–Kier alpha value is -2.78. The van der Waals surface area contributed by atoms with Crippen LogP contribution in [0, 0.1) is 11.8 Å². The van der Waals surface area contributed by atoms with Gasteiger partial charge in [0.05, 0.1) is 23.2 Å². The van der Waals surface area contributed by atoms with E-state index in [1.165, 1.54) is 0 Å². The third-order valence-corrected chi connectivity index (χ3v) is 10.8. The first-order valence-electron chi connectivity index (χ1n) is 15.5. The van der Waals surface area contributed by atoms with Gasteiger partial charge in [0.2, 0.25) is 17.7 Å². The molecule has 3 fully saturated rings. The number of carbonyl (C=O) groups excluding carboxylic acids is 3. The number of anilines is 1. The first-order chi connectivity index (χ1) is 20.4. The van der Waals surface area contributed by atoms with E-state index in [0.29, 0.717) is 45.6 Å². The van der Waals surface area contributed by atoms with Crippen LogP contribution in [0.15, 0.2) is 49.6 Å². The number of ether oxygens (including phenoxy) is 1. The fourth-order valence-electron chi connectivity index (χ4n) is 7.02. The van der Waals surface area contributed by atoms with Gasteiger partial charge < -0.3 is 24.5 Å². The van der Waals surface area contributed by atoms with Crippen molar-refractivity contribution in [2.24, 2.45) is 11.8 Å². The number of nitrogens with zero attached hydrogens (tertiary/aromatic N) is 3. The summed E-state index contributed by atoms with van der Waals surface area (Å²) in [6, 6.07) is 6.85. The lowest BCUT2D eigenvalue weighted by atomic mass is 9.70. The van der Waals surface area contributed by atoms with Crippen molar-refractivity contribution >= 4 is 35.2 Å². The first-order valence-corrected chi connectivity index (χ1v) is 16.4. The highest BCUT2D eigenvalue weighted by atomic mass is 32.2. The zero-order valence-electron chi connectivity index (χ0n) is 25.2. The number of hydrogen-bond donors (Lipinski definition) is 1. The van der Waals surface area contributed by atoms with Crippen molar-refractivity contribution in [3.63, 3.8) is 0 Å². The third-order valence-electron chi connectivity index (χ3n) is 8.86. The molecule has 230 valence electrons. The second kappa shape index (κ2) is 14.6. The molecule has 0 radical (unpaired) electrons. The average Bonchev–Trinajstić information content (AvgIpc) is 3.63. The van der Waals surface area contributed by atoms with E-state index in [9.17, 15) is 19.5 Å². The number of fused-ring (bicyclic) bond motifs is 1. The minimum Gasteiger partial charge on any atom is -0.494 e. The monoisotopic (exact) mass is 597 g/mol. The van der Waals surface area contributed by atoms with Crippen LogP contribution in [0.3, 0.4) is 0 Å². The van der Waals surface area contributed by atoms with E-state index in [-0.39, 0.29) is 29.6 Å². The number of hydrogen-bond acceptors (Lipinski definition) is 6. The van der Waals surface area contributed by atoms with E-state index in [4.69, 9.17) is 4.74 Å². The van der Waals surface area contributed by atoms with Crippen LogP contribution in [0.25, 0.3) is 0 Å². The van der Waals surface area contributed by atoms with Gasteiger partial charge >= 0.3 is 0 Å². The SMILES string of the molecule is C=CCN(CCCC)C(=O)C1N(CCCCCO)C(=O)[C@@H]2[C@@H](C(=O)N(CC=C)c3ccc(OCC)cc3)[C@H]3CCC12S3. The highest BCUT2D eigenvalue weighted by Crippen LogP contribution is 2.66. The Bertz CT molecular complexity index is 1130. The maximum Gasteiger partial charge on any atom is 0.247 e. The normalized spacial score (nSPS) is 25.8. The van der Waals surface area contributed by atoms with Gasteiger partial charge in [-0.05, 0) is 69.7 Å². The van der Waals surface area contributed by atoms with E-state index in [1.54, 1.807) is 33.7 Å². The molecule has 0 saturated carbocycles. The summed E-state index contributed by atoms with van der Waals surface area (Å²) >= 11 is 1.70. The van der Waals surface area contributed by atoms with E-state index in [2.05, 4.69) is 20.1 Å². The van der Waals surface area contributed by atoms with Crippen LogP contribution in [-0.4, -0.2) is 88.1 Å². The summed E-state index contributed by atoms with van der Waals surface area (Å²) in [7, 11) is 0. The standard InChI is InChI=1S/C33H47N3O5S/c1-5-9-21-34(19-6-2)32(40)29-33-18-17-26(42-33)27(28(33)31(39)36(29)22-11-10-12-23-37)30(38)35(20-7-3)24-13-15-25(16-14-24)41-8-4/h6-7,13-16,26-29,37H,2-3,5,8-12,17-23H2,1,4H3/t26-,27+,28+,29?,33?/m1/s1. The molecule has 3 heterocycles. The summed E-state index contributed by atoms with van der Waals surface area (Å²) in [6.07, 6.45) is 8.97. The molecule has 1 aromatic rings. The van der Waals surface area contributed by atoms with E-state index in [1.807, 2.05) is 36.1 Å². The van der Waals surface area contributed by atoms with Crippen LogP contribution < -0.4 is 9.64 Å². The fraction of sp³-hybridized carbons (Fsp3) is 0.606. The summed E-state index contributed by atoms with van der Waals surface area (Å²) in [5.41, 5.74) is 0.737. The Kier molecular flexibility index (Phi) is 11.2. The Balaban J connectivity index is 1.68. The summed E-state index contributed by atoms with van der Waals surface area (Å²) in [5, 5.41) is 9.28. The minimum absolute atomic E-state index is 0.0169. The molecule has 1 spiro atoms. The second-order valence-electron chi connectivity index (χ2n) is 11.5. The maximum atomic E-state index is 14.4. The van der Waals surface area contributed by atoms with Gasteiger partial charge in [-0.15, -0.1) is 24.9 Å². The Morgan fingerprint density at radius 1 is 1.10 bits per heavy atom. The van der Waals surface area contributed by atoms with Crippen molar-refractivity contribution in [2.75, 3.05) is 44.3 Å². The summed E-state index contributed by atoms with van der Waals surface area (Å²) in [4.78, 5) is 48.5. The molecule has 4 rings (SSSR count). The van der Waals surface area contributed by atoms with Gasteiger partial charge in [-0.25, -0.2) is 0 Å². The predicted molar refractivity (Wildman–Crippen MR) is 169 cm³/mol. The van der Waals surface area contributed by atoms with Crippen molar-refractivity contribution in [3.05, 3.63) is 49.6 Å². The largest absolute Gasteiger partial charge is 0.494 e. The molecular formula is C33H47N3O5S. The number of benzene rings is 1. The highest BCUT2D eigenvalue weighted by Gasteiger charge is 2.74. The quantitative estimate of drug-likeness (QED) is 0.207. The summed E-state index contributed by atoms with van der Waals surface area (Å²) in [6.45, 7) is 14.3. The molecule has 3 amide bonds. The van der Waals surface area contributed by atoms with Gasteiger partial charge in [0.25, 0.3) is 0 Å². The van der Waals surface area contributed by atoms with Crippen LogP contribution in [0.5, 0.6) is 5.75 Å². The number of aliphatic hydroxyl groups is 1. The lowest BCUT2D eigenvalue weighted by molar-refractivity contribution is -0.142. The van der Waals surface area contributed by atoms with Crippen LogP contribution in [0.1, 0.15) is 58.8 Å². The number of amides is 3. The minimum atomic E-state index is -0.625. The van der Waals surface area contributed by atoms with Gasteiger partial charge in [-0.1, -0.05) is 25.5 Å². The summed E-state index contributed by atoms with van der Waals surface area (Å²) < 4.78 is 4.97. The van der Waals surface area contributed by atoms with Gasteiger partial charge in [0.15, 0.2) is 0 Å². The highest BCUT2D eigenvalue weighted by molar-refractivity contribution is 8.02. The Labute approximate surface area is 255 Å². The van der Waals surface area contributed by atoms with Crippen LogP contribution >= 0.6 is 11.8 Å². The van der Waals surface area contributed by atoms with Crippen LogP contribution in [-0.2, 0) is 14.4 Å². The molecule has 8 nitrogen and oxygen atoms in total.